The first-order valence-corrected chi connectivity index (χ1v) is 4.74. The lowest BCUT2D eigenvalue weighted by Gasteiger charge is -2.27. The van der Waals surface area contributed by atoms with Crippen molar-refractivity contribution in [3.63, 3.8) is 0 Å². The van der Waals surface area contributed by atoms with Crippen LogP contribution in [0.25, 0.3) is 0 Å². The molecule has 80 valence electrons. The first-order chi connectivity index (χ1) is 6.58. The van der Waals surface area contributed by atoms with E-state index in [2.05, 4.69) is 4.74 Å². The van der Waals surface area contributed by atoms with Crippen LogP contribution in [-0.2, 0) is 9.53 Å². The summed E-state index contributed by atoms with van der Waals surface area (Å²) in [7, 11) is 1.30. The van der Waals surface area contributed by atoms with Crippen molar-refractivity contribution >= 4 is 5.97 Å². The number of alkyl halides is 1. The van der Waals surface area contributed by atoms with Crippen LogP contribution in [0, 0.1) is 0 Å². The van der Waals surface area contributed by atoms with Crippen molar-refractivity contribution in [2.45, 2.75) is 30.7 Å². The Bertz CT molecular complexity index is 244. The average molecular weight is 203 g/mol. The molecule has 2 aliphatic heterocycles. The molecule has 0 bridgehead atoms. The molecule has 0 aromatic carbocycles. The zero-order chi connectivity index (χ0) is 10.3. The molecule has 1 N–H and O–H groups in total. The lowest BCUT2D eigenvalue weighted by molar-refractivity contribution is -0.152. The monoisotopic (exact) mass is 203 g/mol. The molecule has 0 spiro atoms. The summed E-state index contributed by atoms with van der Waals surface area (Å²) in [4.78, 5) is 13.3. The van der Waals surface area contributed by atoms with Crippen LogP contribution in [0.1, 0.15) is 12.8 Å². The van der Waals surface area contributed by atoms with E-state index in [1.54, 1.807) is 4.90 Å². The Morgan fingerprint density at radius 2 is 2.29 bits per heavy atom. The number of fused-ring (bicyclic) bond motifs is 1. The number of methoxy groups -OCH3 is 1. The van der Waals surface area contributed by atoms with Crippen LogP contribution >= 0.6 is 0 Å². The Morgan fingerprint density at radius 3 is 2.93 bits per heavy atom. The molecule has 0 radical (unpaired) electrons. The molecule has 0 aromatic rings. The highest BCUT2D eigenvalue weighted by molar-refractivity contribution is 5.82. The maximum Gasteiger partial charge on any atom is 0.326 e. The fourth-order valence-electron chi connectivity index (χ4n) is 2.63. The van der Waals surface area contributed by atoms with Crippen molar-refractivity contribution in [3.8, 4) is 0 Å². The molecule has 2 aliphatic rings. The largest absolute Gasteiger partial charge is 0.468 e. The normalized spacial score (nSPS) is 42.5. The SMILES string of the molecule is COC(=O)[C@@]12CC(O)CN1C[C@@H](F)C2. The van der Waals surface area contributed by atoms with Crippen molar-refractivity contribution < 1.29 is 19.0 Å². The first kappa shape index (κ1) is 9.86. The van der Waals surface area contributed by atoms with Gasteiger partial charge in [0.1, 0.15) is 11.7 Å². The van der Waals surface area contributed by atoms with Gasteiger partial charge >= 0.3 is 5.97 Å². The molecule has 2 saturated heterocycles. The minimum atomic E-state index is -0.985. The maximum atomic E-state index is 13.2. The Hall–Kier alpha value is -0.680. The lowest BCUT2D eigenvalue weighted by atomic mass is 9.93. The number of halogens is 1. The smallest absolute Gasteiger partial charge is 0.326 e. The standard InChI is InChI=1S/C9H14FNO3/c1-14-8(13)9-2-6(10)4-11(9)5-7(12)3-9/h6-7,12H,2-5H2,1H3/t6-,7?,9+/m0/s1. The van der Waals surface area contributed by atoms with Gasteiger partial charge in [-0.15, -0.1) is 0 Å². The minimum Gasteiger partial charge on any atom is -0.468 e. The van der Waals surface area contributed by atoms with E-state index in [1.165, 1.54) is 7.11 Å². The molecular weight excluding hydrogens is 189 g/mol. The zero-order valence-corrected chi connectivity index (χ0v) is 8.07. The van der Waals surface area contributed by atoms with Crippen molar-refractivity contribution in [1.82, 2.24) is 4.90 Å². The van der Waals surface area contributed by atoms with E-state index in [0.717, 1.165) is 0 Å². The Kier molecular flexibility index (Phi) is 2.23. The van der Waals surface area contributed by atoms with E-state index >= 15 is 0 Å². The van der Waals surface area contributed by atoms with Crippen LogP contribution in [0.3, 0.4) is 0 Å². The molecule has 0 saturated carbocycles. The number of esters is 1. The van der Waals surface area contributed by atoms with E-state index in [-0.39, 0.29) is 13.0 Å². The third kappa shape index (κ3) is 1.23. The fraction of sp³-hybridized carbons (Fsp3) is 0.889. The number of carbonyl (C=O) groups excluding carboxylic acids is 1. The first-order valence-electron chi connectivity index (χ1n) is 4.74. The van der Waals surface area contributed by atoms with Gasteiger partial charge in [0.05, 0.1) is 13.2 Å². The Morgan fingerprint density at radius 1 is 1.57 bits per heavy atom. The summed E-state index contributed by atoms with van der Waals surface area (Å²) in [5.41, 5.74) is -0.895. The molecular formula is C9H14FNO3. The third-order valence-corrected chi connectivity index (χ3v) is 3.15. The second kappa shape index (κ2) is 3.17. The van der Waals surface area contributed by atoms with Gasteiger partial charge in [-0.25, -0.2) is 4.39 Å². The summed E-state index contributed by atoms with van der Waals surface area (Å²) in [6.45, 7) is 0.599. The van der Waals surface area contributed by atoms with E-state index in [1.807, 2.05) is 0 Å². The van der Waals surface area contributed by atoms with Gasteiger partial charge < -0.3 is 9.84 Å². The van der Waals surface area contributed by atoms with Crippen molar-refractivity contribution in [3.05, 3.63) is 0 Å². The molecule has 0 aliphatic carbocycles. The van der Waals surface area contributed by atoms with Crippen LogP contribution in [0.5, 0.6) is 0 Å². The number of hydrogen-bond donors (Lipinski definition) is 1. The van der Waals surface area contributed by atoms with E-state index in [9.17, 15) is 14.3 Å². The van der Waals surface area contributed by atoms with Gasteiger partial charge in [0.25, 0.3) is 0 Å². The van der Waals surface area contributed by atoms with Gasteiger partial charge in [0.2, 0.25) is 0 Å². The van der Waals surface area contributed by atoms with Crippen LogP contribution in [0.2, 0.25) is 0 Å². The average Bonchev–Trinajstić information content (AvgIpc) is 2.55. The maximum absolute atomic E-state index is 13.2. The van der Waals surface area contributed by atoms with Gasteiger partial charge in [0.15, 0.2) is 0 Å². The molecule has 2 rings (SSSR count). The van der Waals surface area contributed by atoms with Gasteiger partial charge in [-0.3, -0.25) is 9.69 Å². The van der Waals surface area contributed by atoms with Gasteiger partial charge in [0, 0.05) is 25.9 Å². The molecule has 14 heavy (non-hydrogen) atoms. The third-order valence-electron chi connectivity index (χ3n) is 3.15. The number of aliphatic hydroxyl groups excluding tert-OH is 1. The van der Waals surface area contributed by atoms with Crippen LogP contribution in [-0.4, -0.2) is 54.0 Å². The highest BCUT2D eigenvalue weighted by Crippen LogP contribution is 2.40. The predicted molar refractivity (Wildman–Crippen MR) is 46.5 cm³/mol. The molecule has 0 amide bonds. The molecule has 5 heteroatoms. The van der Waals surface area contributed by atoms with Crippen molar-refractivity contribution in [2.75, 3.05) is 20.2 Å². The molecule has 0 aromatic heterocycles. The molecule has 2 heterocycles. The number of aliphatic hydroxyl groups is 1. The Labute approximate surface area is 81.6 Å². The van der Waals surface area contributed by atoms with Crippen LogP contribution in [0.15, 0.2) is 0 Å². The van der Waals surface area contributed by atoms with Crippen LogP contribution in [0.4, 0.5) is 4.39 Å². The van der Waals surface area contributed by atoms with Gasteiger partial charge in [-0.1, -0.05) is 0 Å². The van der Waals surface area contributed by atoms with Gasteiger partial charge in [-0.2, -0.15) is 0 Å². The second-order valence-electron chi connectivity index (χ2n) is 4.09. The van der Waals surface area contributed by atoms with E-state index in [4.69, 9.17) is 0 Å². The summed E-state index contributed by atoms with van der Waals surface area (Å²) in [5.74, 6) is -0.422. The number of rotatable bonds is 1. The highest BCUT2D eigenvalue weighted by atomic mass is 19.1. The lowest BCUT2D eigenvalue weighted by Crippen LogP contribution is -2.46. The minimum absolute atomic E-state index is 0.150. The number of hydrogen-bond acceptors (Lipinski definition) is 4. The molecule has 4 nitrogen and oxygen atoms in total. The Balaban J connectivity index is 2.24. The zero-order valence-electron chi connectivity index (χ0n) is 8.07. The summed E-state index contributed by atoms with van der Waals surface area (Å²) in [6.07, 6.45) is -1.08. The van der Waals surface area contributed by atoms with Gasteiger partial charge in [-0.05, 0) is 0 Å². The molecule has 1 unspecified atom stereocenters. The molecule has 2 fully saturated rings. The molecule has 3 atom stereocenters. The van der Waals surface area contributed by atoms with Crippen molar-refractivity contribution in [1.29, 1.82) is 0 Å². The highest BCUT2D eigenvalue weighted by Gasteiger charge is 2.57. The fourth-order valence-corrected chi connectivity index (χ4v) is 2.63. The predicted octanol–water partition coefficient (Wildman–Crippen LogP) is -0.293. The van der Waals surface area contributed by atoms with Crippen LogP contribution < -0.4 is 0 Å². The van der Waals surface area contributed by atoms with Crippen molar-refractivity contribution in [2.24, 2.45) is 0 Å². The summed E-state index contributed by atoms with van der Waals surface area (Å²) >= 11 is 0. The van der Waals surface area contributed by atoms with E-state index < -0.39 is 23.8 Å². The summed E-state index contributed by atoms with van der Waals surface area (Å²) in [6, 6.07) is 0. The second-order valence-corrected chi connectivity index (χ2v) is 4.09. The number of ether oxygens (including phenoxy) is 1. The number of nitrogens with zero attached hydrogens (tertiary/aromatic N) is 1. The number of β-amino-alcohol motifs (C(OH)–C–C–N with tert-alkyl or cyclic N) is 1. The quantitative estimate of drug-likeness (QED) is 0.595. The summed E-state index contributed by atoms with van der Waals surface area (Å²) in [5, 5.41) is 9.46. The van der Waals surface area contributed by atoms with E-state index in [0.29, 0.717) is 13.0 Å². The summed E-state index contributed by atoms with van der Waals surface area (Å²) < 4.78 is 17.9. The topological polar surface area (TPSA) is 49.8 Å². The number of carbonyl (C=O) groups is 1.